The molecule has 0 aliphatic rings. The molecule has 0 radical (unpaired) electrons. The van der Waals surface area contributed by atoms with Crippen molar-refractivity contribution in [1.82, 2.24) is 10.2 Å². The van der Waals surface area contributed by atoms with Gasteiger partial charge < -0.3 is 5.32 Å². The van der Waals surface area contributed by atoms with Gasteiger partial charge >= 0.3 is 0 Å². The molecule has 0 saturated carbocycles. The first kappa shape index (κ1) is 15.7. The fourth-order valence-corrected chi connectivity index (χ4v) is 1.75. The molecule has 96 valence electrons. The van der Waals surface area contributed by atoms with Crippen LogP contribution in [0.1, 0.15) is 41.5 Å². The van der Waals surface area contributed by atoms with Crippen molar-refractivity contribution in [3.8, 4) is 0 Å². The van der Waals surface area contributed by atoms with Gasteiger partial charge in [0.2, 0.25) is 0 Å². The second-order valence-corrected chi connectivity index (χ2v) is 5.73. The molecule has 0 rings (SSSR count). The fraction of sp³-hybridized carbons (Fsp3) is 0.857. The Morgan fingerprint density at radius 3 is 2.25 bits per heavy atom. The first-order valence-electron chi connectivity index (χ1n) is 6.41. The molecule has 0 aromatic heterocycles. The molecule has 0 aliphatic heterocycles. The lowest BCUT2D eigenvalue weighted by molar-refractivity contribution is 0.178. The van der Waals surface area contributed by atoms with Gasteiger partial charge in [-0.15, -0.1) is 6.58 Å². The van der Waals surface area contributed by atoms with Gasteiger partial charge in [-0.25, -0.2) is 0 Å². The standard InChI is InChI=1S/C14H30N2/c1-8-10-16(9-2)13(4)12(3)11-15-14(5,6)7/h8,12-13,15H,1,9-11H2,2-7H3. The van der Waals surface area contributed by atoms with Crippen LogP contribution in [0, 0.1) is 5.92 Å². The third kappa shape index (κ3) is 6.29. The number of hydrogen-bond acceptors (Lipinski definition) is 2. The van der Waals surface area contributed by atoms with Crippen LogP contribution in [-0.2, 0) is 0 Å². The molecule has 0 bridgehead atoms. The Kier molecular flexibility index (Phi) is 6.93. The number of hydrogen-bond donors (Lipinski definition) is 1. The molecule has 0 aromatic carbocycles. The maximum Gasteiger partial charge on any atom is 0.0163 e. The Morgan fingerprint density at radius 2 is 1.88 bits per heavy atom. The minimum atomic E-state index is 0.212. The predicted octanol–water partition coefficient (Wildman–Crippen LogP) is 2.91. The minimum absolute atomic E-state index is 0.212. The van der Waals surface area contributed by atoms with E-state index in [1.807, 2.05) is 6.08 Å². The van der Waals surface area contributed by atoms with E-state index >= 15 is 0 Å². The third-order valence-electron chi connectivity index (χ3n) is 3.12. The summed E-state index contributed by atoms with van der Waals surface area (Å²) < 4.78 is 0. The van der Waals surface area contributed by atoms with Crippen LogP contribution in [0.5, 0.6) is 0 Å². The molecule has 0 saturated heterocycles. The Bertz CT molecular complexity index is 193. The van der Waals surface area contributed by atoms with Crippen LogP contribution in [0.4, 0.5) is 0 Å². The minimum Gasteiger partial charge on any atom is -0.312 e. The number of rotatable bonds is 7. The molecule has 2 unspecified atom stereocenters. The molecule has 2 atom stereocenters. The highest BCUT2D eigenvalue weighted by molar-refractivity contribution is 4.81. The smallest absolute Gasteiger partial charge is 0.0163 e. The molecule has 2 nitrogen and oxygen atoms in total. The van der Waals surface area contributed by atoms with Crippen molar-refractivity contribution in [2.75, 3.05) is 19.6 Å². The largest absolute Gasteiger partial charge is 0.312 e. The molecule has 0 aromatic rings. The average Bonchev–Trinajstić information content (AvgIpc) is 2.20. The van der Waals surface area contributed by atoms with Crippen LogP contribution >= 0.6 is 0 Å². The second-order valence-electron chi connectivity index (χ2n) is 5.73. The van der Waals surface area contributed by atoms with Crippen LogP contribution in [-0.4, -0.2) is 36.1 Å². The Balaban J connectivity index is 4.14. The zero-order chi connectivity index (χ0) is 12.8. The maximum atomic E-state index is 3.82. The summed E-state index contributed by atoms with van der Waals surface area (Å²) in [5.74, 6) is 0.652. The first-order valence-corrected chi connectivity index (χ1v) is 6.41. The lowest BCUT2D eigenvalue weighted by Gasteiger charge is -2.33. The van der Waals surface area contributed by atoms with Gasteiger partial charge in [-0.2, -0.15) is 0 Å². The summed E-state index contributed by atoms with van der Waals surface area (Å²) in [5.41, 5.74) is 0.212. The zero-order valence-corrected chi connectivity index (χ0v) is 12.0. The summed E-state index contributed by atoms with van der Waals surface area (Å²) in [4.78, 5) is 2.46. The SMILES string of the molecule is C=CCN(CC)C(C)C(C)CNC(C)(C)C. The van der Waals surface area contributed by atoms with Crippen LogP contribution < -0.4 is 5.32 Å². The zero-order valence-electron chi connectivity index (χ0n) is 12.0. The van der Waals surface area contributed by atoms with Gasteiger partial charge in [-0.1, -0.05) is 19.9 Å². The monoisotopic (exact) mass is 226 g/mol. The van der Waals surface area contributed by atoms with Crippen molar-refractivity contribution in [3.63, 3.8) is 0 Å². The van der Waals surface area contributed by atoms with E-state index < -0.39 is 0 Å². The molecule has 0 spiro atoms. The fourth-order valence-electron chi connectivity index (χ4n) is 1.75. The van der Waals surface area contributed by atoms with Gasteiger partial charge in [0.15, 0.2) is 0 Å². The molecule has 16 heavy (non-hydrogen) atoms. The molecule has 0 heterocycles. The summed E-state index contributed by atoms with van der Waals surface area (Å²) in [7, 11) is 0. The van der Waals surface area contributed by atoms with Crippen LogP contribution in [0.15, 0.2) is 12.7 Å². The van der Waals surface area contributed by atoms with Crippen molar-refractivity contribution in [2.24, 2.45) is 5.92 Å². The normalized spacial score (nSPS) is 16.2. The summed E-state index contributed by atoms with van der Waals surface area (Å²) in [6.45, 7) is 20.4. The van der Waals surface area contributed by atoms with Gasteiger partial charge in [0.25, 0.3) is 0 Å². The summed E-state index contributed by atoms with van der Waals surface area (Å²) in [6.07, 6.45) is 1.99. The van der Waals surface area contributed by atoms with E-state index in [0.29, 0.717) is 12.0 Å². The van der Waals surface area contributed by atoms with E-state index in [1.165, 1.54) is 0 Å². The highest BCUT2D eigenvalue weighted by Gasteiger charge is 2.19. The highest BCUT2D eigenvalue weighted by atomic mass is 15.1. The molecule has 0 aliphatic carbocycles. The van der Waals surface area contributed by atoms with Crippen molar-refractivity contribution in [2.45, 2.75) is 53.1 Å². The van der Waals surface area contributed by atoms with E-state index in [0.717, 1.165) is 19.6 Å². The molecular formula is C14H30N2. The van der Waals surface area contributed by atoms with E-state index in [2.05, 4.69) is 58.3 Å². The lowest BCUT2D eigenvalue weighted by Crippen LogP contribution is -2.45. The van der Waals surface area contributed by atoms with Crippen molar-refractivity contribution in [1.29, 1.82) is 0 Å². The Hall–Kier alpha value is -0.340. The summed E-state index contributed by atoms with van der Waals surface area (Å²) in [5, 5.41) is 3.57. The van der Waals surface area contributed by atoms with E-state index in [9.17, 15) is 0 Å². The van der Waals surface area contributed by atoms with Gasteiger partial charge in [0.1, 0.15) is 0 Å². The Labute approximate surface area is 102 Å². The quantitative estimate of drug-likeness (QED) is 0.672. The topological polar surface area (TPSA) is 15.3 Å². The van der Waals surface area contributed by atoms with E-state index in [4.69, 9.17) is 0 Å². The van der Waals surface area contributed by atoms with E-state index in [-0.39, 0.29) is 5.54 Å². The van der Waals surface area contributed by atoms with Gasteiger partial charge in [0.05, 0.1) is 0 Å². The summed E-state index contributed by atoms with van der Waals surface area (Å²) in [6, 6.07) is 0.595. The number of nitrogens with one attached hydrogen (secondary N) is 1. The highest BCUT2D eigenvalue weighted by Crippen LogP contribution is 2.11. The molecule has 2 heteroatoms. The second kappa shape index (κ2) is 7.08. The van der Waals surface area contributed by atoms with Gasteiger partial charge in [0, 0.05) is 18.1 Å². The first-order chi connectivity index (χ1) is 7.31. The summed E-state index contributed by atoms with van der Waals surface area (Å²) >= 11 is 0. The van der Waals surface area contributed by atoms with Gasteiger partial charge in [-0.05, 0) is 46.7 Å². The van der Waals surface area contributed by atoms with Crippen LogP contribution in [0.25, 0.3) is 0 Å². The van der Waals surface area contributed by atoms with Crippen molar-refractivity contribution in [3.05, 3.63) is 12.7 Å². The van der Waals surface area contributed by atoms with Crippen LogP contribution in [0.3, 0.4) is 0 Å². The lowest BCUT2D eigenvalue weighted by atomic mass is 10.00. The molecule has 0 fully saturated rings. The van der Waals surface area contributed by atoms with Gasteiger partial charge in [-0.3, -0.25) is 4.90 Å². The Morgan fingerprint density at radius 1 is 1.31 bits per heavy atom. The average molecular weight is 226 g/mol. The predicted molar refractivity (Wildman–Crippen MR) is 73.8 cm³/mol. The molecule has 0 amide bonds. The third-order valence-corrected chi connectivity index (χ3v) is 3.12. The van der Waals surface area contributed by atoms with Crippen LogP contribution in [0.2, 0.25) is 0 Å². The maximum absolute atomic E-state index is 3.82. The van der Waals surface area contributed by atoms with Crippen molar-refractivity contribution >= 4 is 0 Å². The molecular weight excluding hydrogens is 196 g/mol. The number of likely N-dealkylation sites (N-methyl/N-ethyl adjacent to an activating group) is 1. The molecule has 1 N–H and O–H groups in total. The van der Waals surface area contributed by atoms with Crippen molar-refractivity contribution < 1.29 is 0 Å². The van der Waals surface area contributed by atoms with E-state index in [1.54, 1.807) is 0 Å². The number of nitrogens with zero attached hydrogens (tertiary/aromatic N) is 1.